The molecule has 0 aliphatic heterocycles. The van der Waals surface area contributed by atoms with Crippen LogP contribution in [0.2, 0.25) is 0 Å². The highest BCUT2D eigenvalue weighted by molar-refractivity contribution is 5.80. The van der Waals surface area contributed by atoms with Gasteiger partial charge >= 0.3 is 5.97 Å². The van der Waals surface area contributed by atoms with Gasteiger partial charge in [-0.05, 0) is 0 Å². The van der Waals surface area contributed by atoms with Gasteiger partial charge in [0.05, 0.1) is 0 Å². The van der Waals surface area contributed by atoms with Crippen molar-refractivity contribution in [3.05, 3.63) is 0 Å². The lowest BCUT2D eigenvalue weighted by atomic mass is 10.5. The highest BCUT2D eigenvalue weighted by Gasteiger charge is 1.98. The van der Waals surface area contributed by atoms with Crippen molar-refractivity contribution in [2.24, 2.45) is 0 Å². The van der Waals surface area contributed by atoms with E-state index < -0.39 is 5.97 Å². The van der Waals surface area contributed by atoms with Crippen LogP contribution in [0.5, 0.6) is 0 Å². The third-order valence-corrected chi connectivity index (χ3v) is 0.758. The molecule has 0 aliphatic carbocycles. The lowest BCUT2D eigenvalue weighted by Crippen LogP contribution is -2.28. The van der Waals surface area contributed by atoms with Gasteiger partial charge in [-0.2, -0.15) is 0 Å². The molecule has 0 aromatic heterocycles. The van der Waals surface area contributed by atoms with Crippen molar-refractivity contribution in [3.63, 3.8) is 0 Å². The van der Waals surface area contributed by atoms with Crippen molar-refractivity contribution in [2.45, 2.75) is 13.3 Å². The normalized spacial score (nSPS) is 8.56. The zero-order chi connectivity index (χ0) is 7.28. The Hall–Kier alpha value is -1.06. The Morgan fingerprint density at radius 1 is 1.56 bits per heavy atom. The number of aliphatic carboxylic acids is 1. The molecule has 4 heteroatoms. The van der Waals surface area contributed by atoms with Gasteiger partial charge in [0, 0.05) is 6.42 Å². The summed E-state index contributed by atoms with van der Waals surface area (Å²) in [5.41, 5.74) is 0. The molecule has 0 unspecified atom stereocenters. The summed E-state index contributed by atoms with van der Waals surface area (Å²) >= 11 is 0. The predicted molar refractivity (Wildman–Crippen MR) is 30.9 cm³/mol. The molecule has 2 N–H and O–H groups in total. The highest BCUT2D eigenvalue weighted by Crippen LogP contribution is 1.72. The van der Waals surface area contributed by atoms with Crippen LogP contribution in [-0.4, -0.2) is 23.5 Å². The number of rotatable bonds is 3. The SMILES string of the molecule is CCC(=O)[15NH][13CH2][13C](=O)O. The molecule has 0 aliphatic rings. The van der Waals surface area contributed by atoms with Gasteiger partial charge < -0.3 is 10.4 Å². The summed E-state index contributed by atoms with van der Waals surface area (Å²) in [4.78, 5) is 20.1. The topological polar surface area (TPSA) is 66.4 Å². The average Bonchev–Trinajstić information content (AvgIpc) is 1.83. The number of hydrogen-bond donors (Lipinski definition) is 2. The van der Waals surface area contributed by atoms with Crippen LogP contribution in [0.3, 0.4) is 0 Å². The number of carbonyl (C=O) groups excluding carboxylic acids is 1. The molecule has 0 aromatic rings. The quantitative estimate of drug-likeness (QED) is 0.407. The largest absolute Gasteiger partial charge is 0.480 e. The van der Waals surface area contributed by atoms with Crippen molar-refractivity contribution in [3.8, 4) is 0 Å². The molecule has 1 amide bonds. The molecule has 52 valence electrons. The Balaban J connectivity index is 3.28. The Bertz CT molecular complexity index is 121. The highest BCUT2D eigenvalue weighted by atomic mass is 16.5. The van der Waals surface area contributed by atoms with E-state index >= 15 is 0 Å². The molecular weight excluding hydrogens is 125 g/mol. The monoisotopic (exact) mass is 134 g/mol. The maximum atomic E-state index is 10.3. The first-order valence-corrected chi connectivity index (χ1v) is 2.65. The fourth-order valence-electron chi connectivity index (χ4n) is 0.299. The minimum absolute atomic E-state index is 0.239. The number of carboxylic acids is 1. The second kappa shape index (κ2) is 3.88. The molecule has 4 nitrogen and oxygen atoms in total. The zero-order valence-electron chi connectivity index (χ0n) is 5.18. The van der Waals surface area contributed by atoms with E-state index in [-0.39, 0.29) is 12.5 Å². The van der Waals surface area contributed by atoms with Crippen LogP contribution in [-0.2, 0) is 9.59 Å². The van der Waals surface area contributed by atoms with E-state index in [0.29, 0.717) is 6.42 Å². The van der Waals surface area contributed by atoms with E-state index in [1.54, 1.807) is 6.92 Å². The first kappa shape index (κ1) is 7.94. The minimum Gasteiger partial charge on any atom is -0.480 e. The van der Waals surface area contributed by atoms with E-state index in [1.165, 1.54) is 0 Å². The first-order chi connectivity index (χ1) is 4.16. The Kier molecular flexibility index (Phi) is 3.43. The molecule has 9 heavy (non-hydrogen) atoms. The number of carboxylic acid groups (broad SMARTS) is 1. The molecule has 0 radical (unpaired) electrons. The standard InChI is InChI=1S/C5H9NO3/c1-2-4(7)6-3-5(8)9/h2-3H2,1H3,(H,6,7)(H,8,9)/i3+1,5+1,6+1. The minimum atomic E-state index is -1.02. The van der Waals surface area contributed by atoms with Gasteiger partial charge in [0.1, 0.15) is 6.54 Å². The second-order valence-corrected chi connectivity index (χ2v) is 1.52. The molecule has 0 rings (SSSR count). The Morgan fingerprint density at radius 2 is 2.11 bits per heavy atom. The van der Waals surface area contributed by atoms with E-state index in [0.717, 1.165) is 0 Å². The van der Waals surface area contributed by atoms with Crippen LogP contribution in [0.1, 0.15) is 13.3 Å². The molecule has 0 saturated carbocycles. The Labute approximate surface area is 52.9 Å². The molecule has 0 saturated heterocycles. The van der Waals surface area contributed by atoms with E-state index in [1.807, 2.05) is 0 Å². The van der Waals surface area contributed by atoms with Gasteiger partial charge in [-0.15, -0.1) is 0 Å². The molecule has 0 fully saturated rings. The molecule has 0 atom stereocenters. The van der Waals surface area contributed by atoms with E-state index in [2.05, 4.69) is 5.32 Å². The van der Waals surface area contributed by atoms with Gasteiger partial charge in [0.2, 0.25) is 5.91 Å². The van der Waals surface area contributed by atoms with Gasteiger partial charge in [-0.3, -0.25) is 9.59 Å². The molecule has 0 bridgehead atoms. The van der Waals surface area contributed by atoms with Crippen LogP contribution in [0.25, 0.3) is 0 Å². The van der Waals surface area contributed by atoms with Crippen LogP contribution in [0.15, 0.2) is 0 Å². The molecule has 0 aromatic carbocycles. The maximum Gasteiger partial charge on any atom is 0.322 e. The predicted octanol–water partition coefficient (Wildman–Crippen LogP) is -0.403. The Morgan fingerprint density at radius 3 is 2.44 bits per heavy atom. The van der Waals surface area contributed by atoms with Gasteiger partial charge in [0.25, 0.3) is 0 Å². The van der Waals surface area contributed by atoms with Crippen molar-refractivity contribution >= 4 is 11.9 Å². The number of hydrogen-bond acceptors (Lipinski definition) is 2. The fourth-order valence-corrected chi connectivity index (χ4v) is 0.299. The third-order valence-electron chi connectivity index (χ3n) is 0.758. The lowest BCUT2D eigenvalue weighted by molar-refractivity contribution is -0.137. The summed E-state index contributed by atoms with van der Waals surface area (Å²) < 4.78 is 0. The number of carbonyl (C=O) groups is 2. The van der Waals surface area contributed by atoms with Crippen molar-refractivity contribution in [2.75, 3.05) is 6.54 Å². The van der Waals surface area contributed by atoms with Crippen LogP contribution >= 0.6 is 0 Å². The number of nitrogens with one attached hydrogen (secondary N) is 1. The van der Waals surface area contributed by atoms with Gasteiger partial charge in [-0.25, -0.2) is 0 Å². The summed E-state index contributed by atoms with van der Waals surface area (Å²) in [7, 11) is 0. The molecule has 0 spiro atoms. The lowest BCUT2D eigenvalue weighted by Gasteiger charge is -1.95. The molecule has 0 heterocycles. The van der Waals surface area contributed by atoms with Gasteiger partial charge in [0.15, 0.2) is 0 Å². The van der Waals surface area contributed by atoms with Crippen LogP contribution in [0, 0.1) is 0 Å². The number of amides is 1. The summed E-state index contributed by atoms with van der Waals surface area (Å²) in [6, 6.07) is 0. The average molecular weight is 134 g/mol. The van der Waals surface area contributed by atoms with E-state index in [4.69, 9.17) is 5.11 Å². The summed E-state index contributed by atoms with van der Waals surface area (Å²) in [5, 5.41) is 10.2. The first-order valence-electron chi connectivity index (χ1n) is 2.65. The van der Waals surface area contributed by atoms with Crippen molar-refractivity contribution in [1.29, 1.82) is 0 Å². The smallest absolute Gasteiger partial charge is 0.322 e. The van der Waals surface area contributed by atoms with Gasteiger partial charge in [-0.1, -0.05) is 6.92 Å². The third kappa shape index (κ3) is 4.80. The summed E-state index contributed by atoms with van der Waals surface area (Å²) in [6.07, 6.45) is 0.327. The molecular formula is C5H9NO3. The van der Waals surface area contributed by atoms with Crippen molar-refractivity contribution < 1.29 is 14.7 Å². The fraction of sp³-hybridized carbons (Fsp3) is 0.600. The zero-order valence-corrected chi connectivity index (χ0v) is 5.18. The van der Waals surface area contributed by atoms with Crippen molar-refractivity contribution in [1.82, 2.24) is 5.32 Å². The van der Waals surface area contributed by atoms with Crippen LogP contribution in [0.4, 0.5) is 0 Å². The maximum absolute atomic E-state index is 10.3. The van der Waals surface area contributed by atoms with Crippen LogP contribution < -0.4 is 5.32 Å². The summed E-state index contributed by atoms with van der Waals surface area (Å²) in [6.45, 7) is 1.38. The summed E-state index contributed by atoms with van der Waals surface area (Å²) in [5.74, 6) is -1.26. The second-order valence-electron chi connectivity index (χ2n) is 1.52. The van der Waals surface area contributed by atoms with E-state index in [9.17, 15) is 9.59 Å².